The van der Waals surface area contributed by atoms with Gasteiger partial charge in [0.2, 0.25) is 0 Å². The highest BCUT2D eigenvalue weighted by Crippen LogP contribution is 2.19. The summed E-state index contributed by atoms with van der Waals surface area (Å²) in [7, 11) is 3.89. The predicted octanol–water partition coefficient (Wildman–Crippen LogP) is 3.57. The standard InChI is InChI=1S/C21H26N2O3/c1-15(2)26-20(24)14-19(16-8-6-5-7-9-16)22-21(25)17-10-12-18(13-11-17)23(3)4/h5-13,15,19H,14H2,1-4H3,(H,22,25). The highest BCUT2D eigenvalue weighted by Gasteiger charge is 2.20. The molecule has 138 valence electrons. The molecule has 0 aromatic heterocycles. The van der Waals surface area contributed by atoms with E-state index >= 15 is 0 Å². The largest absolute Gasteiger partial charge is 0.463 e. The van der Waals surface area contributed by atoms with Crippen LogP contribution < -0.4 is 10.2 Å². The number of anilines is 1. The third-order valence-electron chi connectivity index (χ3n) is 3.89. The zero-order valence-corrected chi connectivity index (χ0v) is 15.7. The molecule has 2 aromatic carbocycles. The van der Waals surface area contributed by atoms with Crippen molar-refractivity contribution in [3.8, 4) is 0 Å². The summed E-state index contributed by atoms with van der Waals surface area (Å²) in [6, 6.07) is 16.3. The molecule has 1 unspecified atom stereocenters. The minimum atomic E-state index is -0.441. The quantitative estimate of drug-likeness (QED) is 0.773. The summed E-state index contributed by atoms with van der Waals surface area (Å²) in [4.78, 5) is 26.7. The summed E-state index contributed by atoms with van der Waals surface area (Å²) in [6.07, 6.45) is -0.0998. The van der Waals surface area contributed by atoms with Gasteiger partial charge >= 0.3 is 5.97 Å². The van der Waals surface area contributed by atoms with Crippen molar-refractivity contribution in [3.05, 3.63) is 65.7 Å². The molecule has 2 aromatic rings. The van der Waals surface area contributed by atoms with Crippen LogP contribution in [-0.4, -0.2) is 32.1 Å². The van der Waals surface area contributed by atoms with Gasteiger partial charge in [0.05, 0.1) is 18.6 Å². The van der Waals surface area contributed by atoms with E-state index in [0.29, 0.717) is 5.56 Å². The summed E-state index contributed by atoms with van der Waals surface area (Å²) >= 11 is 0. The number of amides is 1. The van der Waals surface area contributed by atoms with Crippen LogP contribution in [0.5, 0.6) is 0 Å². The zero-order chi connectivity index (χ0) is 19.1. The molecule has 0 aliphatic heterocycles. The van der Waals surface area contributed by atoms with Crippen molar-refractivity contribution in [2.45, 2.75) is 32.4 Å². The van der Waals surface area contributed by atoms with Gasteiger partial charge in [-0.05, 0) is 43.7 Å². The van der Waals surface area contributed by atoms with Crippen LogP contribution >= 0.6 is 0 Å². The number of rotatable bonds is 7. The van der Waals surface area contributed by atoms with Crippen LogP contribution in [0.2, 0.25) is 0 Å². The Balaban J connectivity index is 2.14. The molecule has 0 saturated heterocycles. The summed E-state index contributed by atoms with van der Waals surface area (Å²) < 4.78 is 5.24. The van der Waals surface area contributed by atoms with Gasteiger partial charge in [-0.2, -0.15) is 0 Å². The molecule has 1 N–H and O–H groups in total. The molecular weight excluding hydrogens is 328 g/mol. The first-order chi connectivity index (χ1) is 12.4. The fourth-order valence-corrected chi connectivity index (χ4v) is 2.57. The van der Waals surface area contributed by atoms with E-state index in [-0.39, 0.29) is 24.4 Å². The molecule has 0 aliphatic rings. The van der Waals surface area contributed by atoms with Gasteiger partial charge in [-0.25, -0.2) is 0 Å². The third-order valence-corrected chi connectivity index (χ3v) is 3.89. The molecule has 1 atom stereocenters. The number of hydrogen-bond donors (Lipinski definition) is 1. The average Bonchev–Trinajstić information content (AvgIpc) is 2.61. The molecule has 0 radical (unpaired) electrons. The van der Waals surface area contributed by atoms with E-state index in [1.807, 2.05) is 61.5 Å². The van der Waals surface area contributed by atoms with Crippen LogP contribution in [0.4, 0.5) is 5.69 Å². The Morgan fingerprint density at radius 1 is 1.00 bits per heavy atom. The predicted molar refractivity (Wildman–Crippen MR) is 103 cm³/mol. The summed E-state index contributed by atoms with van der Waals surface area (Å²) in [6.45, 7) is 3.61. The molecule has 0 spiro atoms. The zero-order valence-electron chi connectivity index (χ0n) is 15.7. The number of carbonyl (C=O) groups excluding carboxylic acids is 2. The first-order valence-electron chi connectivity index (χ1n) is 8.69. The van der Waals surface area contributed by atoms with E-state index in [1.165, 1.54) is 0 Å². The van der Waals surface area contributed by atoms with E-state index in [1.54, 1.807) is 26.0 Å². The van der Waals surface area contributed by atoms with Crippen LogP contribution in [0.15, 0.2) is 54.6 Å². The van der Waals surface area contributed by atoms with E-state index in [0.717, 1.165) is 11.3 Å². The van der Waals surface area contributed by atoms with E-state index in [9.17, 15) is 9.59 Å². The lowest BCUT2D eigenvalue weighted by molar-refractivity contribution is -0.147. The minimum Gasteiger partial charge on any atom is -0.463 e. The van der Waals surface area contributed by atoms with Gasteiger partial charge < -0.3 is 15.0 Å². The number of benzene rings is 2. The lowest BCUT2D eigenvalue weighted by atomic mass is 10.0. The molecule has 0 saturated carbocycles. The molecule has 0 heterocycles. The van der Waals surface area contributed by atoms with Crippen LogP contribution in [-0.2, 0) is 9.53 Å². The van der Waals surface area contributed by atoms with Crippen molar-refractivity contribution in [3.63, 3.8) is 0 Å². The summed E-state index contributed by atoms with van der Waals surface area (Å²) in [5.41, 5.74) is 2.43. The van der Waals surface area contributed by atoms with Crippen molar-refractivity contribution < 1.29 is 14.3 Å². The molecule has 26 heavy (non-hydrogen) atoms. The minimum absolute atomic E-state index is 0.0870. The van der Waals surface area contributed by atoms with Gasteiger partial charge in [0.25, 0.3) is 5.91 Å². The third kappa shape index (κ3) is 5.62. The fraction of sp³-hybridized carbons (Fsp3) is 0.333. The number of hydrogen-bond acceptors (Lipinski definition) is 4. The highest BCUT2D eigenvalue weighted by molar-refractivity contribution is 5.95. The molecule has 0 aliphatic carbocycles. The fourth-order valence-electron chi connectivity index (χ4n) is 2.57. The van der Waals surface area contributed by atoms with Gasteiger partial charge in [0, 0.05) is 25.3 Å². The Bertz CT molecular complexity index is 725. The van der Waals surface area contributed by atoms with Crippen molar-refractivity contribution in [1.82, 2.24) is 5.32 Å². The Kier molecular flexibility index (Phi) is 6.78. The molecule has 5 nitrogen and oxygen atoms in total. The number of nitrogens with zero attached hydrogens (tertiary/aromatic N) is 1. The van der Waals surface area contributed by atoms with Crippen LogP contribution in [0.25, 0.3) is 0 Å². The Morgan fingerprint density at radius 3 is 2.15 bits per heavy atom. The van der Waals surface area contributed by atoms with Crippen LogP contribution in [0.3, 0.4) is 0 Å². The Morgan fingerprint density at radius 2 is 1.62 bits per heavy atom. The van der Waals surface area contributed by atoms with Gasteiger partial charge in [-0.15, -0.1) is 0 Å². The van der Waals surface area contributed by atoms with Crippen molar-refractivity contribution in [2.24, 2.45) is 0 Å². The second-order valence-electron chi connectivity index (χ2n) is 6.62. The number of esters is 1. The number of ether oxygens (including phenoxy) is 1. The van der Waals surface area contributed by atoms with E-state index in [2.05, 4.69) is 5.32 Å². The van der Waals surface area contributed by atoms with Gasteiger partial charge in [0.15, 0.2) is 0 Å². The molecule has 1 amide bonds. The monoisotopic (exact) mass is 354 g/mol. The van der Waals surface area contributed by atoms with Crippen LogP contribution in [0.1, 0.15) is 42.2 Å². The van der Waals surface area contributed by atoms with E-state index < -0.39 is 6.04 Å². The van der Waals surface area contributed by atoms with Crippen LogP contribution in [0, 0.1) is 0 Å². The highest BCUT2D eigenvalue weighted by atomic mass is 16.5. The lowest BCUT2D eigenvalue weighted by Crippen LogP contribution is -2.31. The molecule has 2 rings (SSSR count). The van der Waals surface area contributed by atoms with Gasteiger partial charge in [-0.1, -0.05) is 30.3 Å². The van der Waals surface area contributed by atoms with Gasteiger partial charge in [-0.3, -0.25) is 9.59 Å². The maximum absolute atomic E-state index is 12.6. The smallest absolute Gasteiger partial charge is 0.308 e. The Hall–Kier alpha value is -2.82. The summed E-state index contributed by atoms with van der Waals surface area (Å²) in [5.74, 6) is -0.557. The molecule has 0 fully saturated rings. The Labute approximate surface area is 155 Å². The first kappa shape index (κ1) is 19.5. The van der Waals surface area contributed by atoms with Crippen molar-refractivity contribution in [1.29, 1.82) is 0 Å². The van der Waals surface area contributed by atoms with Gasteiger partial charge in [0.1, 0.15) is 0 Å². The van der Waals surface area contributed by atoms with Crippen molar-refractivity contribution in [2.75, 3.05) is 19.0 Å². The number of carbonyl (C=O) groups is 2. The molecule has 0 bridgehead atoms. The van der Waals surface area contributed by atoms with Crippen molar-refractivity contribution >= 4 is 17.6 Å². The normalized spacial score (nSPS) is 11.7. The van der Waals surface area contributed by atoms with E-state index in [4.69, 9.17) is 4.74 Å². The average molecular weight is 354 g/mol. The second kappa shape index (κ2) is 9.04. The molecular formula is C21H26N2O3. The maximum atomic E-state index is 12.6. The summed E-state index contributed by atoms with van der Waals surface area (Å²) in [5, 5.41) is 2.95. The lowest BCUT2D eigenvalue weighted by Gasteiger charge is -2.20. The molecule has 5 heteroatoms. The SMILES string of the molecule is CC(C)OC(=O)CC(NC(=O)c1ccc(N(C)C)cc1)c1ccccc1. The first-order valence-corrected chi connectivity index (χ1v) is 8.69. The maximum Gasteiger partial charge on any atom is 0.308 e. The second-order valence-corrected chi connectivity index (χ2v) is 6.62. The number of nitrogens with one attached hydrogen (secondary N) is 1. The topological polar surface area (TPSA) is 58.6 Å².